The van der Waals surface area contributed by atoms with Crippen molar-refractivity contribution in [3.05, 3.63) is 47.6 Å². The summed E-state index contributed by atoms with van der Waals surface area (Å²) in [5, 5.41) is 16.3. The first-order chi connectivity index (χ1) is 12.6. The van der Waals surface area contributed by atoms with E-state index < -0.39 is 11.4 Å². The Kier molecular flexibility index (Phi) is 6.36. The molecular formula is C20H27N3O4. The summed E-state index contributed by atoms with van der Waals surface area (Å²) < 4.78 is 5.21. The highest BCUT2D eigenvalue weighted by Gasteiger charge is 2.35. The Morgan fingerprint density at radius 3 is 2.37 bits per heavy atom. The fourth-order valence-corrected chi connectivity index (χ4v) is 2.53. The number of carbonyl (C=O) groups is 2. The van der Waals surface area contributed by atoms with Crippen molar-refractivity contribution in [3.8, 4) is 0 Å². The van der Waals surface area contributed by atoms with Crippen LogP contribution in [0.25, 0.3) is 0 Å². The van der Waals surface area contributed by atoms with Gasteiger partial charge in [0.15, 0.2) is 5.82 Å². The van der Waals surface area contributed by atoms with Crippen LogP contribution >= 0.6 is 0 Å². The van der Waals surface area contributed by atoms with E-state index in [9.17, 15) is 14.7 Å². The summed E-state index contributed by atoms with van der Waals surface area (Å²) in [6.07, 6.45) is 1.32. The fraction of sp³-hybridized carbons (Fsp3) is 0.500. The smallest absolute Gasteiger partial charge is 0.315 e. The quantitative estimate of drug-likeness (QED) is 0.737. The van der Waals surface area contributed by atoms with Gasteiger partial charge in [-0.3, -0.25) is 9.59 Å². The summed E-state index contributed by atoms with van der Waals surface area (Å²) in [5.41, 5.74) is -0.707. The van der Waals surface area contributed by atoms with Gasteiger partial charge in [-0.25, -0.2) is 0 Å². The van der Waals surface area contributed by atoms with Crippen LogP contribution in [0.3, 0.4) is 0 Å². The topological polar surface area (TPSA) is 105 Å². The van der Waals surface area contributed by atoms with Gasteiger partial charge in [0.05, 0.1) is 0 Å². The first kappa shape index (κ1) is 20.6. The maximum Gasteiger partial charge on any atom is 0.315 e. The molecule has 7 nitrogen and oxygen atoms in total. The number of hydrogen-bond donors (Lipinski definition) is 2. The van der Waals surface area contributed by atoms with Crippen molar-refractivity contribution in [2.24, 2.45) is 0 Å². The number of hydrogen-bond acceptors (Lipinski definition) is 5. The summed E-state index contributed by atoms with van der Waals surface area (Å²) in [4.78, 5) is 28.2. The first-order valence-corrected chi connectivity index (χ1v) is 9.01. The molecule has 27 heavy (non-hydrogen) atoms. The number of nitrogens with zero attached hydrogens (tertiary/aromatic N) is 2. The molecule has 1 aromatic heterocycles. The molecule has 0 spiro atoms. The van der Waals surface area contributed by atoms with Crippen LogP contribution in [0.2, 0.25) is 0 Å². The number of amides is 1. The van der Waals surface area contributed by atoms with Crippen LogP contribution in [0.4, 0.5) is 0 Å². The van der Waals surface area contributed by atoms with Crippen LogP contribution in [0, 0.1) is 0 Å². The highest BCUT2D eigenvalue weighted by atomic mass is 16.5. The average molecular weight is 373 g/mol. The first-order valence-electron chi connectivity index (χ1n) is 9.01. The SMILES string of the molecule is CC(C)(C)c1noc(CCCC(=O)NCC(C)(C(=O)O)c2ccccc2)n1. The molecule has 7 heteroatoms. The number of aryl methyl sites for hydroxylation is 1. The molecule has 0 bridgehead atoms. The zero-order chi connectivity index (χ0) is 20.1. The molecule has 0 fully saturated rings. The Labute approximate surface area is 159 Å². The van der Waals surface area contributed by atoms with Gasteiger partial charge >= 0.3 is 5.97 Å². The minimum absolute atomic E-state index is 0.0277. The monoisotopic (exact) mass is 373 g/mol. The van der Waals surface area contributed by atoms with E-state index in [0.29, 0.717) is 30.1 Å². The summed E-state index contributed by atoms with van der Waals surface area (Å²) in [5.74, 6) is -0.0297. The molecule has 1 unspecified atom stereocenters. The molecule has 0 radical (unpaired) electrons. The lowest BCUT2D eigenvalue weighted by Gasteiger charge is -2.25. The van der Waals surface area contributed by atoms with Crippen LogP contribution < -0.4 is 5.32 Å². The summed E-state index contributed by atoms with van der Waals surface area (Å²) in [6, 6.07) is 8.90. The predicted molar refractivity (Wildman–Crippen MR) is 100 cm³/mol. The van der Waals surface area contributed by atoms with Crippen LogP contribution in [-0.2, 0) is 26.8 Å². The number of rotatable bonds is 8. The van der Waals surface area contributed by atoms with Gasteiger partial charge < -0.3 is 14.9 Å². The van der Waals surface area contributed by atoms with Gasteiger partial charge in [-0.05, 0) is 18.9 Å². The molecule has 2 aromatic rings. The number of benzene rings is 1. The number of aliphatic carboxylic acids is 1. The van der Waals surface area contributed by atoms with E-state index in [1.54, 1.807) is 31.2 Å². The van der Waals surface area contributed by atoms with E-state index in [2.05, 4.69) is 15.5 Å². The second kappa shape index (κ2) is 8.33. The number of nitrogens with one attached hydrogen (secondary N) is 1. The van der Waals surface area contributed by atoms with E-state index >= 15 is 0 Å². The predicted octanol–water partition coefficient (Wildman–Crippen LogP) is 2.85. The van der Waals surface area contributed by atoms with Gasteiger partial charge in [-0.15, -0.1) is 0 Å². The minimum Gasteiger partial charge on any atom is -0.481 e. The van der Waals surface area contributed by atoms with E-state index in [4.69, 9.17) is 4.52 Å². The Bertz CT molecular complexity index is 780. The summed E-state index contributed by atoms with van der Waals surface area (Å²) in [7, 11) is 0. The van der Waals surface area contributed by atoms with Crippen molar-refractivity contribution in [1.82, 2.24) is 15.5 Å². The molecule has 1 heterocycles. The molecule has 0 aliphatic carbocycles. The van der Waals surface area contributed by atoms with Gasteiger partial charge in [-0.2, -0.15) is 4.98 Å². The third-order valence-corrected chi connectivity index (χ3v) is 4.46. The Morgan fingerprint density at radius 2 is 1.81 bits per heavy atom. The van der Waals surface area contributed by atoms with Crippen molar-refractivity contribution >= 4 is 11.9 Å². The molecule has 1 amide bonds. The number of carboxylic acids is 1. The van der Waals surface area contributed by atoms with E-state index in [1.807, 2.05) is 26.8 Å². The lowest BCUT2D eigenvalue weighted by Crippen LogP contribution is -2.44. The molecule has 146 valence electrons. The zero-order valence-corrected chi connectivity index (χ0v) is 16.3. The molecule has 2 N–H and O–H groups in total. The normalized spacial score (nSPS) is 13.8. The third-order valence-electron chi connectivity index (χ3n) is 4.46. The number of carboxylic acid groups (broad SMARTS) is 1. The second-order valence-corrected chi connectivity index (χ2v) is 7.90. The number of aromatic nitrogens is 2. The maximum atomic E-state index is 12.1. The Morgan fingerprint density at radius 1 is 1.15 bits per heavy atom. The molecule has 1 atom stereocenters. The highest BCUT2D eigenvalue weighted by Crippen LogP contribution is 2.23. The third kappa shape index (κ3) is 5.39. The minimum atomic E-state index is -1.18. The van der Waals surface area contributed by atoms with Crippen LogP contribution in [0.15, 0.2) is 34.9 Å². The molecule has 0 aliphatic heterocycles. The van der Waals surface area contributed by atoms with E-state index in [-0.39, 0.29) is 24.3 Å². The van der Waals surface area contributed by atoms with Gasteiger partial charge in [0, 0.05) is 24.8 Å². The van der Waals surface area contributed by atoms with E-state index in [0.717, 1.165) is 0 Å². The van der Waals surface area contributed by atoms with Gasteiger partial charge in [0.2, 0.25) is 11.8 Å². The zero-order valence-electron chi connectivity index (χ0n) is 16.3. The molecule has 2 rings (SSSR count). The van der Waals surface area contributed by atoms with Crippen LogP contribution in [0.1, 0.15) is 57.8 Å². The fourth-order valence-electron chi connectivity index (χ4n) is 2.53. The van der Waals surface area contributed by atoms with Crippen molar-refractivity contribution < 1.29 is 19.2 Å². The lowest BCUT2D eigenvalue weighted by molar-refractivity contribution is -0.143. The molecule has 0 saturated heterocycles. The lowest BCUT2D eigenvalue weighted by atomic mass is 9.82. The Hall–Kier alpha value is -2.70. The van der Waals surface area contributed by atoms with Crippen molar-refractivity contribution in [2.75, 3.05) is 6.54 Å². The molecule has 1 aromatic carbocycles. The number of carbonyl (C=O) groups excluding carboxylic acids is 1. The van der Waals surface area contributed by atoms with Crippen LogP contribution in [0.5, 0.6) is 0 Å². The highest BCUT2D eigenvalue weighted by molar-refractivity contribution is 5.83. The summed E-state index contributed by atoms with van der Waals surface area (Å²) in [6.45, 7) is 7.64. The molecular weight excluding hydrogens is 346 g/mol. The van der Waals surface area contributed by atoms with Crippen LogP contribution in [-0.4, -0.2) is 33.7 Å². The summed E-state index contributed by atoms with van der Waals surface area (Å²) >= 11 is 0. The van der Waals surface area contributed by atoms with Gasteiger partial charge in [0.1, 0.15) is 5.41 Å². The standard InChI is InChI=1S/C20H27N3O4/c1-19(2,3)17-22-16(27-23-17)12-8-11-15(24)21-13-20(4,18(25)26)14-9-6-5-7-10-14/h5-7,9-10H,8,11-13H2,1-4H3,(H,21,24)(H,25,26). The van der Waals surface area contributed by atoms with Gasteiger partial charge in [0.25, 0.3) is 0 Å². The maximum absolute atomic E-state index is 12.1. The Balaban J connectivity index is 1.85. The second-order valence-electron chi connectivity index (χ2n) is 7.90. The largest absolute Gasteiger partial charge is 0.481 e. The molecule has 0 aliphatic rings. The average Bonchev–Trinajstić information content (AvgIpc) is 3.09. The molecule has 0 saturated carbocycles. The van der Waals surface area contributed by atoms with Gasteiger partial charge in [-0.1, -0.05) is 56.3 Å². The van der Waals surface area contributed by atoms with E-state index in [1.165, 1.54) is 0 Å². The van der Waals surface area contributed by atoms with Crippen molar-refractivity contribution in [3.63, 3.8) is 0 Å². The van der Waals surface area contributed by atoms with Crippen molar-refractivity contribution in [2.45, 2.75) is 57.8 Å². The van der Waals surface area contributed by atoms with Crippen molar-refractivity contribution in [1.29, 1.82) is 0 Å².